The molecular formula is C12H10ClN3O3S. The fraction of sp³-hybridized carbons (Fsp3) is 0.167. The predicted molar refractivity (Wildman–Crippen MR) is 76.1 cm³/mol. The Kier molecular flexibility index (Phi) is 4.31. The lowest BCUT2D eigenvalue weighted by Crippen LogP contribution is -2.27. The number of nitrogens with zero attached hydrogens (tertiary/aromatic N) is 2. The van der Waals surface area contributed by atoms with E-state index in [4.69, 9.17) is 11.6 Å². The molecule has 0 aliphatic heterocycles. The van der Waals surface area contributed by atoms with Crippen LogP contribution < -0.4 is 5.32 Å². The highest BCUT2D eigenvalue weighted by Gasteiger charge is 2.22. The van der Waals surface area contributed by atoms with Crippen molar-refractivity contribution in [3.8, 4) is 0 Å². The van der Waals surface area contributed by atoms with Crippen LogP contribution in [0.3, 0.4) is 0 Å². The maximum atomic E-state index is 12.1. The number of nitro benzene ring substituents is 1. The number of hydrogen-bond acceptors (Lipinski definition) is 5. The van der Waals surface area contributed by atoms with E-state index in [1.54, 1.807) is 18.5 Å². The van der Waals surface area contributed by atoms with E-state index >= 15 is 0 Å². The summed E-state index contributed by atoms with van der Waals surface area (Å²) in [6, 6.07) is 3.62. The molecule has 2 aromatic rings. The molecule has 20 heavy (non-hydrogen) atoms. The summed E-state index contributed by atoms with van der Waals surface area (Å²) >= 11 is 7.11. The summed E-state index contributed by atoms with van der Waals surface area (Å²) in [7, 11) is 0. The number of amides is 1. The van der Waals surface area contributed by atoms with Crippen molar-refractivity contribution in [1.29, 1.82) is 0 Å². The summed E-state index contributed by atoms with van der Waals surface area (Å²) in [4.78, 5) is 26.5. The Labute approximate surface area is 123 Å². The highest BCUT2D eigenvalue weighted by Crippen LogP contribution is 2.24. The van der Waals surface area contributed by atoms with Crippen LogP contribution in [0.15, 0.2) is 29.8 Å². The molecule has 1 aromatic heterocycles. The molecule has 1 amide bonds. The minimum Gasteiger partial charge on any atom is -0.343 e. The SMILES string of the molecule is C[C@H](NC(=O)c1ccc(Cl)cc1[N+](=O)[O-])c1nccs1. The van der Waals surface area contributed by atoms with Gasteiger partial charge in [0.05, 0.1) is 11.0 Å². The van der Waals surface area contributed by atoms with Gasteiger partial charge in [0.15, 0.2) is 0 Å². The Bertz CT molecular complexity index is 645. The Hall–Kier alpha value is -1.99. The van der Waals surface area contributed by atoms with Crippen molar-refractivity contribution in [2.45, 2.75) is 13.0 Å². The summed E-state index contributed by atoms with van der Waals surface area (Å²) in [5.74, 6) is -0.531. The first kappa shape index (κ1) is 14.4. The number of nitro groups is 1. The highest BCUT2D eigenvalue weighted by atomic mass is 35.5. The first-order valence-corrected chi connectivity index (χ1v) is 6.89. The first-order chi connectivity index (χ1) is 9.49. The van der Waals surface area contributed by atoms with Crippen molar-refractivity contribution in [2.75, 3.05) is 0 Å². The summed E-state index contributed by atoms with van der Waals surface area (Å²) in [5, 5.41) is 16.4. The van der Waals surface area contributed by atoms with Crippen molar-refractivity contribution in [1.82, 2.24) is 10.3 Å². The van der Waals surface area contributed by atoms with Crippen molar-refractivity contribution in [3.05, 3.63) is 55.5 Å². The van der Waals surface area contributed by atoms with Gasteiger partial charge in [0.1, 0.15) is 10.6 Å². The largest absolute Gasteiger partial charge is 0.343 e. The molecule has 0 bridgehead atoms. The molecule has 1 aromatic carbocycles. The van der Waals surface area contributed by atoms with Crippen molar-refractivity contribution >= 4 is 34.5 Å². The molecule has 2 rings (SSSR count). The summed E-state index contributed by atoms with van der Waals surface area (Å²) in [6.45, 7) is 1.76. The number of carbonyl (C=O) groups excluding carboxylic acids is 1. The maximum absolute atomic E-state index is 12.1. The lowest BCUT2D eigenvalue weighted by Gasteiger charge is -2.11. The van der Waals surface area contributed by atoms with E-state index in [0.717, 1.165) is 11.1 Å². The van der Waals surface area contributed by atoms with Gasteiger partial charge in [-0.25, -0.2) is 4.98 Å². The van der Waals surface area contributed by atoms with Crippen LogP contribution in [0.4, 0.5) is 5.69 Å². The third kappa shape index (κ3) is 3.12. The Morgan fingerprint density at radius 3 is 2.90 bits per heavy atom. The molecule has 0 unspecified atom stereocenters. The van der Waals surface area contributed by atoms with Crippen LogP contribution in [0, 0.1) is 10.1 Å². The number of benzene rings is 1. The van der Waals surface area contributed by atoms with Crippen LogP contribution in [0.25, 0.3) is 0 Å². The van der Waals surface area contributed by atoms with Crippen molar-refractivity contribution in [3.63, 3.8) is 0 Å². The number of hydrogen-bond donors (Lipinski definition) is 1. The van der Waals surface area contributed by atoms with Gasteiger partial charge in [-0.2, -0.15) is 0 Å². The van der Waals surface area contributed by atoms with E-state index in [1.807, 2.05) is 0 Å². The predicted octanol–water partition coefficient (Wildman–Crippen LogP) is 3.20. The molecule has 104 valence electrons. The van der Waals surface area contributed by atoms with E-state index in [2.05, 4.69) is 10.3 Å². The van der Waals surface area contributed by atoms with Crippen LogP contribution in [0.1, 0.15) is 28.3 Å². The molecule has 0 radical (unpaired) electrons. The molecule has 0 spiro atoms. The third-order valence-corrected chi connectivity index (χ3v) is 3.76. The number of nitrogens with one attached hydrogen (secondary N) is 1. The Morgan fingerprint density at radius 1 is 1.55 bits per heavy atom. The van der Waals surface area contributed by atoms with Gasteiger partial charge in [0.2, 0.25) is 0 Å². The zero-order chi connectivity index (χ0) is 14.7. The van der Waals surface area contributed by atoms with E-state index in [-0.39, 0.29) is 22.3 Å². The summed E-state index contributed by atoms with van der Waals surface area (Å²) in [5.41, 5.74) is -0.343. The molecule has 1 atom stereocenters. The third-order valence-electron chi connectivity index (χ3n) is 2.57. The molecular weight excluding hydrogens is 302 g/mol. The average Bonchev–Trinajstić information content (AvgIpc) is 2.92. The quantitative estimate of drug-likeness (QED) is 0.694. The topological polar surface area (TPSA) is 85.1 Å². The molecule has 0 saturated carbocycles. The minimum atomic E-state index is -0.630. The number of carbonyl (C=O) groups is 1. The zero-order valence-corrected chi connectivity index (χ0v) is 11.9. The highest BCUT2D eigenvalue weighted by molar-refractivity contribution is 7.09. The zero-order valence-electron chi connectivity index (χ0n) is 10.4. The lowest BCUT2D eigenvalue weighted by molar-refractivity contribution is -0.385. The van der Waals surface area contributed by atoms with Crippen molar-refractivity contribution in [2.24, 2.45) is 0 Å². The van der Waals surface area contributed by atoms with Crippen LogP contribution in [0.2, 0.25) is 5.02 Å². The number of halogens is 1. The number of rotatable bonds is 4. The van der Waals surface area contributed by atoms with E-state index in [0.29, 0.717) is 0 Å². The van der Waals surface area contributed by atoms with E-state index in [9.17, 15) is 14.9 Å². The second-order valence-electron chi connectivity index (χ2n) is 3.98. The Morgan fingerprint density at radius 2 is 2.30 bits per heavy atom. The van der Waals surface area contributed by atoms with Crippen molar-refractivity contribution < 1.29 is 9.72 Å². The van der Waals surface area contributed by atoms with Crippen LogP contribution in [-0.4, -0.2) is 15.8 Å². The Balaban J connectivity index is 2.23. The van der Waals surface area contributed by atoms with Gasteiger partial charge in [0.25, 0.3) is 11.6 Å². The maximum Gasteiger partial charge on any atom is 0.283 e. The second-order valence-corrected chi connectivity index (χ2v) is 5.35. The standard InChI is InChI=1S/C12H10ClN3O3S/c1-7(12-14-4-5-20-12)15-11(17)9-3-2-8(13)6-10(9)16(18)19/h2-7H,1H3,(H,15,17)/t7-/m0/s1. The molecule has 1 N–H and O–H groups in total. The second kappa shape index (κ2) is 5.98. The average molecular weight is 312 g/mol. The smallest absolute Gasteiger partial charge is 0.283 e. The van der Waals surface area contributed by atoms with Gasteiger partial charge < -0.3 is 5.32 Å². The van der Waals surface area contributed by atoms with Gasteiger partial charge in [-0.05, 0) is 19.1 Å². The van der Waals surface area contributed by atoms with Gasteiger partial charge in [-0.15, -0.1) is 11.3 Å². The summed E-state index contributed by atoms with van der Waals surface area (Å²) < 4.78 is 0. The van der Waals surface area contributed by atoms with Gasteiger partial charge in [-0.1, -0.05) is 11.6 Å². The van der Waals surface area contributed by atoms with Crippen LogP contribution in [0.5, 0.6) is 0 Å². The lowest BCUT2D eigenvalue weighted by atomic mass is 10.1. The molecule has 0 fully saturated rings. The number of thiazole rings is 1. The normalized spacial score (nSPS) is 11.9. The van der Waals surface area contributed by atoms with E-state index < -0.39 is 10.8 Å². The molecule has 0 aliphatic rings. The number of aromatic nitrogens is 1. The molecule has 1 heterocycles. The van der Waals surface area contributed by atoms with Gasteiger partial charge in [0, 0.05) is 22.7 Å². The van der Waals surface area contributed by atoms with Crippen LogP contribution in [-0.2, 0) is 0 Å². The van der Waals surface area contributed by atoms with E-state index in [1.165, 1.54) is 23.5 Å². The molecule has 0 aliphatic carbocycles. The molecule has 8 heteroatoms. The fourth-order valence-corrected chi connectivity index (χ4v) is 2.44. The first-order valence-electron chi connectivity index (χ1n) is 5.63. The molecule has 6 nitrogen and oxygen atoms in total. The molecule has 0 saturated heterocycles. The monoisotopic (exact) mass is 311 g/mol. The van der Waals surface area contributed by atoms with Gasteiger partial charge in [-0.3, -0.25) is 14.9 Å². The summed E-state index contributed by atoms with van der Waals surface area (Å²) in [6.07, 6.45) is 1.63. The van der Waals surface area contributed by atoms with Gasteiger partial charge >= 0.3 is 0 Å². The van der Waals surface area contributed by atoms with Crippen LogP contribution >= 0.6 is 22.9 Å². The minimum absolute atomic E-state index is 0.0252. The fourth-order valence-electron chi connectivity index (χ4n) is 1.63.